The summed E-state index contributed by atoms with van der Waals surface area (Å²) >= 11 is 3.13. The van der Waals surface area contributed by atoms with Crippen LogP contribution in [0.25, 0.3) is 0 Å². The molecular formula is C9H9BrClNO4S. The summed E-state index contributed by atoms with van der Waals surface area (Å²) in [5, 5.41) is 2.39. The van der Waals surface area contributed by atoms with Gasteiger partial charge in [-0.3, -0.25) is 4.79 Å². The molecule has 1 aromatic carbocycles. The summed E-state index contributed by atoms with van der Waals surface area (Å²) in [7, 11) is 2.90. The Labute approximate surface area is 112 Å². The third kappa shape index (κ3) is 4.18. The molecule has 1 rings (SSSR count). The highest BCUT2D eigenvalue weighted by Gasteiger charge is 2.13. The summed E-state index contributed by atoms with van der Waals surface area (Å²) in [4.78, 5) is 10.9. The van der Waals surface area contributed by atoms with Crippen LogP contribution in [0.15, 0.2) is 27.6 Å². The highest BCUT2D eigenvalue weighted by Crippen LogP contribution is 2.29. The van der Waals surface area contributed by atoms with E-state index in [-0.39, 0.29) is 17.4 Å². The Morgan fingerprint density at radius 2 is 2.18 bits per heavy atom. The summed E-state index contributed by atoms with van der Waals surface area (Å²) < 4.78 is 27.7. The maximum atomic E-state index is 11.0. The number of ether oxygens (including phenoxy) is 1. The van der Waals surface area contributed by atoms with Crippen LogP contribution in [0.5, 0.6) is 5.75 Å². The average molecular weight is 343 g/mol. The van der Waals surface area contributed by atoms with Crippen LogP contribution in [0.4, 0.5) is 0 Å². The first-order valence-electron chi connectivity index (χ1n) is 4.42. The molecule has 0 bridgehead atoms. The van der Waals surface area contributed by atoms with Crippen molar-refractivity contribution in [2.45, 2.75) is 4.90 Å². The molecule has 8 heteroatoms. The second-order valence-electron chi connectivity index (χ2n) is 2.99. The lowest BCUT2D eigenvalue weighted by Crippen LogP contribution is -2.24. The van der Waals surface area contributed by atoms with E-state index in [1.165, 1.54) is 25.2 Å². The lowest BCUT2D eigenvalue weighted by molar-refractivity contribution is -0.122. The molecule has 1 N–H and O–H groups in total. The Kier molecular flexibility index (Phi) is 4.79. The van der Waals surface area contributed by atoms with Crippen LogP contribution in [0.1, 0.15) is 0 Å². The molecule has 0 radical (unpaired) electrons. The van der Waals surface area contributed by atoms with Gasteiger partial charge in [0.1, 0.15) is 5.75 Å². The number of carbonyl (C=O) groups excluding carboxylic acids is 1. The van der Waals surface area contributed by atoms with Crippen molar-refractivity contribution in [3.8, 4) is 5.75 Å². The third-order valence-electron chi connectivity index (χ3n) is 1.82. The van der Waals surface area contributed by atoms with Gasteiger partial charge in [0.2, 0.25) is 0 Å². The van der Waals surface area contributed by atoms with Crippen molar-refractivity contribution in [2.75, 3.05) is 13.7 Å². The highest BCUT2D eigenvalue weighted by molar-refractivity contribution is 9.10. The summed E-state index contributed by atoms with van der Waals surface area (Å²) in [5.74, 6) is 0.0728. The number of halogens is 2. The number of hydrogen-bond acceptors (Lipinski definition) is 4. The molecule has 94 valence electrons. The van der Waals surface area contributed by atoms with Crippen molar-refractivity contribution in [1.82, 2.24) is 5.32 Å². The second-order valence-corrected chi connectivity index (χ2v) is 6.41. The van der Waals surface area contributed by atoms with Gasteiger partial charge in [-0.15, -0.1) is 0 Å². The normalized spacial score (nSPS) is 11.0. The second kappa shape index (κ2) is 5.70. The SMILES string of the molecule is CNC(=O)COc1ccc(S(=O)(=O)Cl)cc1Br. The molecule has 0 saturated heterocycles. The van der Waals surface area contributed by atoms with E-state index >= 15 is 0 Å². The van der Waals surface area contributed by atoms with Crippen LogP contribution in [-0.4, -0.2) is 28.0 Å². The first kappa shape index (κ1) is 14.3. The van der Waals surface area contributed by atoms with Crippen molar-refractivity contribution in [3.63, 3.8) is 0 Å². The molecule has 0 aliphatic carbocycles. The zero-order valence-electron chi connectivity index (χ0n) is 8.74. The van der Waals surface area contributed by atoms with Crippen LogP contribution in [-0.2, 0) is 13.8 Å². The van der Waals surface area contributed by atoms with Gasteiger partial charge in [0.25, 0.3) is 15.0 Å². The molecule has 1 amide bonds. The Morgan fingerprint density at radius 3 is 2.65 bits per heavy atom. The number of carbonyl (C=O) groups is 1. The molecule has 0 aromatic heterocycles. The van der Waals surface area contributed by atoms with Gasteiger partial charge in [0, 0.05) is 17.7 Å². The largest absolute Gasteiger partial charge is 0.483 e. The average Bonchev–Trinajstić information content (AvgIpc) is 2.25. The smallest absolute Gasteiger partial charge is 0.261 e. The number of likely N-dealkylation sites (N-methyl/N-ethyl adjacent to an activating group) is 1. The summed E-state index contributed by atoms with van der Waals surface area (Å²) in [5.41, 5.74) is 0. The molecule has 0 aliphatic heterocycles. The van der Waals surface area contributed by atoms with Crippen LogP contribution in [0, 0.1) is 0 Å². The zero-order chi connectivity index (χ0) is 13.1. The van der Waals surface area contributed by atoms with E-state index in [1.54, 1.807) is 0 Å². The zero-order valence-corrected chi connectivity index (χ0v) is 11.9. The maximum absolute atomic E-state index is 11.0. The minimum Gasteiger partial charge on any atom is -0.483 e. The molecule has 0 aliphatic rings. The first-order valence-corrected chi connectivity index (χ1v) is 7.52. The van der Waals surface area contributed by atoms with Gasteiger partial charge in [0.05, 0.1) is 9.37 Å². The van der Waals surface area contributed by atoms with E-state index in [9.17, 15) is 13.2 Å². The van der Waals surface area contributed by atoms with Crippen molar-refractivity contribution in [3.05, 3.63) is 22.7 Å². The quantitative estimate of drug-likeness (QED) is 0.842. The lowest BCUT2D eigenvalue weighted by atomic mass is 10.3. The van der Waals surface area contributed by atoms with Crippen LogP contribution >= 0.6 is 26.6 Å². The monoisotopic (exact) mass is 341 g/mol. The first-order chi connectivity index (χ1) is 7.84. The predicted octanol–water partition coefficient (Wildman–Crippen LogP) is 1.50. The Balaban J connectivity index is 2.88. The third-order valence-corrected chi connectivity index (χ3v) is 3.79. The Bertz CT molecular complexity index is 532. The fraction of sp³-hybridized carbons (Fsp3) is 0.222. The van der Waals surface area contributed by atoms with E-state index in [4.69, 9.17) is 15.4 Å². The molecule has 5 nitrogen and oxygen atoms in total. The molecule has 1 aromatic rings. The van der Waals surface area contributed by atoms with E-state index < -0.39 is 9.05 Å². The Morgan fingerprint density at radius 1 is 1.53 bits per heavy atom. The van der Waals surface area contributed by atoms with E-state index in [0.29, 0.717) is 10.2 Å². The number of benzene rings is 1. The Hall–Kier alpha value is -0.790. The fourth-order valence-electron chi connectivity index (χ4n) is 0.966. The van der Waals surface area contributed by atoms with Crippen molar-refractivity contribution < 1.29 is 17.9 Å². The van der Waals surface area contributed by atoms with Crippen molar-refractivity contribution in [2.24, 2.45) is 0 Å². The molecule has 0 heterocycles. The standard InChI is InChI=1S/C9H9BrClNO4S/c1-12-9(13)5-16-8-3-2-6(4-7(8)10)17(11,14)15/h2-4H,5H2,1H3,(H,12,13). The topological polar surface area (TPSA) is 72.5 Å². The fourth-order valence-corrected chi connectivity index (χ4v) is 2.39. The maximum Gasteiger partial charge on any atom is 0.261 e. The van der Waals surface area contributed by atoms with Gasteiger partial charge in [-0.2, -0.15) is 0 Å². The predicted molar refractivity (Wildman–Crippen MR) is 66.7 cm³/mol. The summed E-state index contributed by atoms with van der Waals surface area (Å²) in [6.07, 6.45) is 0. The van der Waals surface area contributed by atoms with Crippen molar-refractivity contribution >= 4 is 41.6 Å². The van der Waals surface area contributed by atoms with Gasteiger partial charge in [-0.05, 0) is 34.1 Å². The molecular weight excluding hydrogens is 334 g/mol. The van der Waals surface area contributed by atoms with Crippen LogP contribution < -0.4 is 10.1 Å². The van der Waals surface area contributed by atoms with E-state index in [1.807, 2.05) is 0 Å². The minimum atomic E-state index is -3.77. The number of amides is 1. The summed E-state index contributed by atoms with van der Waals surface area (Å²) in [6, 6.07) is 4.02. The van der Waals surface area contributed by atoms with Gasteiger partial charge in [-0.25, -0.2) is 8.42 Å². The summed E-state index contributed by atoms with van der Waals surface area (Å²) in [6.45, 7) is -0.151. The number of hydrogen-bond donors (Lipinski definition) is 1. The van der Waals surface area contributed by atoms with Crippen molar-refractivity contribution in [1.29, 1.82) is 0 Å². The van der Waals surface area contributed by atoms with E-state index in [0.717, 1.165) is 0 Å². The molecule has 0 spiro atoms. The molecule has 0 unspecified atom stereocenters. The molecule has 0 saturated carbocycles. The van der Waals surface area contributed by atoms with Gasteiger partial charge in [0.15, 0.2) is 6.61 Å². The van der Waals surface area contributed by atoms with Crippen LogP contribution in [0.2, 0.25) is 0 Å². The number of rotatable bonds is 4. The van der Waals surface area contributed by atoms with Gasteiger partial charge < -0.3 is 10.1 Å². The highest BCUT2D eigenvalue weighted by atomic mass is 79.9. The molecule has 17 heavy (non-hydrogen) atoms. The lowest BCUT2D eigenvalue weighted by Gasteiger charge is -2.07. The molecule has 0 fully saturated rings. The minimum absolute atomic E-state index is 0.0432. The van der Waals surface area contributed by atoms with Gasteiger partial charge >= 0.3 is 0 Å². The number of nitrogens with one attached hydrogen (secondary N) is 1. The van der Waals surface area contributed by atoms with Gasteiger partial charge in [-0.1, -0.05) is 0 Å². The molecule has 0 atom stereocenters. The van der Waals surface area contributed by atoms with Crippen LogP contribution in [0.3, 0.4) is 0 Å². The van der Waals surface area contributed by atoms with E-state index in [2.05, 4.69) is 21.2 Å².